The van der Waals surface area contributed by atoms with Crippen LogP contribution >= 0.6 is 11.6 Å². The Bertz CT molecular complexity index is 601. The highest BCUT2D eigenvalue weighted by atomic mass is 35.5. The van der Waals surface area contributed by atoms with E-state index in [2.05, 4.69) is 5.32 Å². The van der Waals surface area contributed by atoms with Crippen LogP contribution in [-0.2, 0) is 11.2 Å². The summed E-state index contributed by atoms with van der Waals surface area (Å²) in [4.78, 5) is 12.2. The molecule has 3 nitrogen and oxygen atoms in total. The average Bonchev–Trinajstić information content (AvgIpc) is 2.49. The van der Waals surface area contributed by atoms with Gasteiger partial charge in [0.2, 0.25) is 5.91 Å². The molecule has 0 spiro atoms. The summed E-state index contributed by atoms with van der Waals surface area (Å²) in [6.07, 6.45) is 0.674. The Morgan fingerprint density at radius 2 is 1.76 bits per heavy atom. The number of carbonyl (C=O) groups excluding carboxylic acids is 1. The fourth-order valence-electron chi connectivity index (χ4n) is 2.19. The molecule has 110 valence electrons. The van der Waals surface area contributed by atoms with Crippen molar-refractivity contribution in [2.24, 2.45) is 5.73 Å². The molecule has 0 aliphatic carbocycles. The number of amides is 1. The molecule has 0 saturated carbocycles. The van der Waals surface area contributed by atoms with Crippen LogP contribution in [0.1, 0.15) is 24.1 Å². The van der Waals surface area contributed by atoms with Crippen molar-refractivity contribution in [3.05, 3.63) is 70.7 Å². The van der Waals surface area contributed by atoms with Crippen LogP contribution in [-0.4, -0.2) is 11.9 Å². The van der Waals surface area contributed by atoms with Gasteiger partial charge in [-0.3, -0.25) is 4.79 Å². The van der Waals surface area contributed by atoms with E-state index in [9.17, 15) is 4.79 Å². The smallest absolute Gasteiger partial charge is 0.241 e. The first-order chi connectivity index (χ1) is 10.1. The van der Waals surface area contributed by atoms with Gasteiger partial charge in [0.25, 0.3) is 0 Å². The van der Waals surface area contributed by atoms with Gasteiger partial charge >= 0.3 is 0 Å². The van der Waals surface area contributed by atoms with Crippen LogP contribution in [0.3, 0.4) is 0 Å². The lowest BCUT2D eigenvalue weighted by molar-refractivity contribution is -0.123. The number of rotatable bonds is 5. The second-order valence-corrected chi connectivity index (χ2v) is 5.50. The largest absolute Gasteiger partial charge is 0.352 e. The molecule has 0 aromatic heterocycles. The van der Waals surface area contributed by atoms with E-state index in [0.29, 0.717) is 11.4 Å². The fourth-order valence-corrected chi connectivity index (χ4v) is 2.40. The highest BCUT2D eigenvalue weighted by Gasteiger charge is 2.17. The van der Waals surface area contributed by atoms with Gasteiger partial charge in [-0.15, -0.1) is 0 Å². The molecule has 0 aliphatic heterocycles. The Balaban J connectivity index is 1.95. The van der Waals surface area contributed by atoms with E-state index in [1.807, 2.05) is 61.5 Å². The van der Waals surface area contributed by atoms with Gasteiger partial charge < -0.3 is 11.1 Å². The first kappa shape index (κ1) is 15.5. The fraction of sp³-hybridized carbons (Fsp3) is 0.235. The quantitative estimate of drug-likeness (QED) is 0.892. The van der Waals surface area contributed by atoms with Crippen LogP contribution < -0.4 is 11.1 Å². The van der Waals surface area contributed by atoms with Crippen molar-refractivity contribution >= 4 is 17.5 Å². The number of carbonyl (C=O) groups is 1. The van der Waals surface area contributed by atoms with E-state index < -0.39 is 6.04 Å². The van der Waals surface area contributed by atoms with E-state index >= 15 is 0 Å². The second-order valence-electron chi connectivity index (χ2n) is 5.09. The number of hydrogen-bond acceptors (Lipinski definition) is 2. The minimum Gasteiger partial charge on any atom is -0.352 e. The average molecular weight is 303 g/mol. The molecule has 0 saturated heterocycles. The zero-order valence-corrected chi connectivity index (χ0v) is 12.7. The van der Waals surface area contributed by atoms with Crippen molar-refractivity contribution < 1.29 is 4.79 Å². The summed E-state index contributed by atoms with van der Waals surface area (Å²) in [5, 5.41) is 3.65. The van der Waals surface area contributed by atoms with Gasteiger partial charge in [-0.2, -0.15) is 0 Å². The zero-order chi connectivity index (χ0) is 15.2. The van der Waals surface area contributed by atoms with E-state index in [1.54, 1.807) is 0 Å². The number of benzene rings is 2. The van der Waals surface area contributed by atoms with Crippen molar-refractivity contribution in [3.63, 3.8) is 0 Å². The van der Waals surface area contributed by atoms with E-state index in [-0.39, 0.29) is 11.9 Å². The third kappa shape index (κ3) is 4.31. The third-order valence-electron chi connectivity index (χ3n) is 3.31. The first-order valence-electron chi connectivity index (χ1n) is 6.92. The van der Waals surface area contributed by atoms with Gasteiger partial charge in [-0.25, -0.2) is 0 Å². The summed E-state index contributed by atoms with van der Waals surface area (Å²) in [7, 11) is 0. The van der Waals surface area contributed by atoms with Crippen LogP contribution in [0.4, 0.5) is 0 Å². The SMILES string of the molecule is CC(Cc1ccccc1Cl)NC(=O)C(N)c1ccccc1. The lowest BCUT2D eigenvalue weighted by Crippen LogP contribution is -2.40. The third-order valence-corrected chi connectivity index (χ3v) is 3.68. The van der Waals surface area contributed by atoms with Crippen LogP contribution in [0, 0.1) is 0 Å². The molecule has 2 unspecified atom stereocenters. The lowest BCUT2D eigenvalue weighted by Gasteiger charge is -2.18. The maximum atomic E-state index is 12.2. The molecule has 1 amide bonds. The Hall–Kier alpha value is -1.84. The van der Waals surface area contributed by atoms with Gasteiger partial charge in [0.1, 0.15) is 6.04 Å². The minimum absolute atomic E-state index is 0.0350. The van der Waals surface area contributed by atoms with Gasteiger partial charge in [-0.05, 0) is 30.5 Å². The molecule has 0 bridgehead atoms. The van der Waals surface area contributed by atoms with Gasteiger partial charge in [0, 0.05) is 11.1 Å². The standard InChI is InChI=1S/C17H19ClN2O/c1-12(11-14-9-5-6-10-15(14)18)20-17(21)16(19)13-7-3-2-4-8-13/h2-10,12,16H,11,19H2,1H3,(H,20,21). The number of hydrogen-bond donors (Lipinski definition) is 2. The Labute approximate surface area is 130 Å². The number of halogens is 1. The van der Waals surface area contributed by atoms with Crippen LogP contribution in [0.5, 0.6) is 0 Å². The molecule has 0 fully saturated rings. The summed E-state index contributed by atoms with van der Waals surface area (Å²) in [5.41, 5.74) is 7.79. The molecule has 2 aromatic rings. The van der Waals surface area contributed by atoms with Crippen LogP contribution in [0.25, 0.3) is 0 Å². The second kappa shape index (κ2) is 7.25. The summed E-state index contributed by atoms with van der Waals surface area (Å²) in [6, 6.07) is 16.3. The van der Waals surface area contributed by atoms with Gasteiger partial charge in [-0.1, -0.05) is 60.1 Å². The van der Waals surface area contributed by atoms with Gasteiger partial charge in [0.15, 0.2) is 0 Å². The molecule has 3 N–H and O–H groups in total. The number of nitrogens with two attached hydrogens (primary N) is 1. The molecule has 2 rings (SSSR count). The van der Waals surface area contributed by atoms with Crippen LogP contribution in [0.15, 0.2) is 54.6 Å². The predicted molar refractivity (Wildman–Crippen MR) is 86.1 cm³/mol. The molecule has 2 atom stereocenters. The van der Waals surface area contributed by atoms with Crippen molar-refractivity contribution in [2.75, 3.05) is 0 Å². The molecule has 0 heterocycles. The van der Waals surface area contributed by atoms with Crippen LogP contribution in [0.2, 0.25) is 5.02 Å². The van der Waals surface area contributed by atoms with Gasteiger partial charge in [0.05, 0.1) is 0 Å². The minimum atomic E-state index is -0.653. The first-order valence-corrected chi connectivity index (χ1v) is 7.30. The summed E-state index contributed by atoms with van der Waals surface area (Å²) in [5.74, 6) is -0.180. The Kier molecular flexibility index (Phi) is 5.37. The van der Waals surface area contributed by atoms with E-state index in [4.69, 9.17) is 17.3 Å². The van der Waals surface area contributed by atoms with Crippen molar-refractivity contribution in [1.82, 2.24) is 5.32 Å². The highest BCUT2D eigenvalue weighted by Crippen LogP contribution is 2.17. The van der Waals surface area contributed by atoms with Crippen molar-refractivity contribution in [3.8, 4) is 0 Å². The Morgan fingerprint density at radius 1 is 1.14 bits per heavy atom. The highest BCUT2D eigenvalue weighted by molar-refractivity contribution is 6.31. The molecule has 2 aromatic carbocycles. The maximum absolute atomic E-state index is 12.2. The number of nitrogens with one attached hydrogen (secondary N) is 1. The molecule has 4 heteroatoms. The monoisotopic (exact) mass is 302 g/mol. The predicted octanol–water partition coefficient (Wildman–Crippen LogP) is 3.09. The topological polar surface area (TPSA) is 55.1 Å². The van der Waals surface area contributed by atoms with E-state index in [1.165, 1.54) is 0 Å². The lowest BCUT2D eigenvalue weighted by atomic mass is 10.0. The molecule has 0 aliphatic rings. The summed E-state index contributed by atoms with van der Waals surface area (Å²) in [6.45, 7) is 1.94. The maximum Gasteiger partial charge on any atom is 0.241 e. The zero-order valence-electron chi connectivity index (χ0n) is 11.9. The molecular weight excluding hydrogens is 284 g/mol. The summed E-state index contributed by atoms with van der Waals surface area (Å²) >= 11 is 6.13. The van der Waals surface area contributed by atoms with E-state index in [0.717, 1.165) is 11.1 Å². The normalized spacial score (nSPS) is 13.5. The molecule has 0 radical (unpaired) electrons. The van der Waals surface area contributed by atoms with Crippen molar-refractivity contribution in [2.45, 2.75) is 25.4 Å². The van der Waals surface area contributed by atoms with Crippen molar-refractivity contribution in [1.29, 1.82) is 0 Å². The molecular formula is C17H19ClN2O. The molecule has 21 heavy (non-hydrogen) atoms. The summed E-state index contributed by atoms with van der Waals surface area (Å²) < 4.78 is 0. The Morgan fingerprint density at radius 3 is 2.43 bits per heavy atom.